The highest BCUT2D eigenvalue weighted by Gasteiger charge is 2.70. The Hall–Kier alpha value is -3.09. The van der Waals surface area contributed by atoms with Crippen LogP contribution in [0.1, 0.15) is 33.6 Å². The summed E-state index contributed by atoms with van der Waals surface area (Å²) in [7, 11) is 0. The number of benzene rings is 1. The lowest BCUT2D eigenvalue weighted by Crippen LogP contribution is -2.38. The van der Waals surface area contributed by atoms with Crippen LogP contribution in [0.5, 0.6) is 11.5 Å². The van der Waals surface area contributed by atoms with Crippen molar-refractivity contribution in [3.63, 3.8) is 0 Å². The minimum atomic E-state index is -5.14. The van der Waals surface area contributed by atoms with Crippen molar-refractivity contribution in [3.05, 3.63) is 52.8 Å². The fourth-order valence-electron chi connectivity index (χ4n) is 2.54. The van der Waals surface area contributed by atoms with E-state index in [2.05, 4.69) is 4.98 Å². The number of hydrogen-bond acceptors (Lipinski definition) is 4. The maximum absolute atomic E-state index is 13.8. The lowest BCUT2D eigenvalue weighted by molar-refractivity contribution is -0.176. The van der Waals surface area contributed by atoms with Gasteiger partial charge in [0.15, 0.2) is 0 Å². The first-order chi connectivity index (χ1) is 12.1. The lowest BCUT2D eigenvalue weighted by Gasteiger charge is -2.17. The van der Waals surface area contributed by atoms with Gasteiger partial charge >= 0.3 is 11.8 Å². The Kier molecular flexibility index (Phi) is 3.90. The van der Waals surface area contributed by atoms with Crippen LogP contribution in [0.4, 0.5) is 26.3 Å². The molecule has 10 heteroatoms. The van der Waals surface area contributed by atoms with Gasteiger partial charge in [0, 0.05) is 23.4 Å². The summed E-state index contributed by atoms with van der Waals surface area (Å²) in [5.41, 5.74) is -4.43. The number of aromatic nitrogens is 1. The maximum atomic E-state index is 13.8. The largest absolute Gasteiger partial charge is 0.457 e. The Morgan fingerprint density at radius 3 is 2.42 bits per heavy atom. The topological polar surface area (TPSA) is 63.0 Å². The Morgan fingerprint density at radius 1 is 1.12 bits per heavy atom. The molecular weight excluding hydrogens is 366 g/mol. The molecule has 1 heterocycles. The normalized spacial score (nSPS) is 17.1. The van der Waals surface area contributed by atoms with E-state index in [-0.39, 0.29) is 11.4 Å². The number of Topliss-reactive ketones (excluding diaryl/α,β-unsaturated/α-hetero) is 1. The van der Waals surface area contributed by atoms with Crippen molar-refractivity contribution in [2.45, 2.75) is 18.3 Å². The van der Waals surface area contributed by atoms with Crippen molar-refractivity contribution in [1.29, 1.82) is 5.26 Å². The van der Waals surface area contributed by atoms with Crippen molar-refractivity contribution >= 4 is 5.78 Å². The van der Waals surface area contributed by atoms with Crippen molar-refractivity contribution in [3.8, 4) is 17.6 Å². The zero-order valence-corrected chi connectivity index (χ0v) is 12.4. The molecule has 0 aliphatic heterocycles. The lowest BCUT2D eigenvalue weighted by atomic mass is 10.0. The molecule has 0 saturated carbocycles. The molecule has 0 amide bonds. The molecule has 1 aliphatic carbocycles. The summed E-state index contributed by atoms with van der Waals surface area (Å²) >= 11 is 0. The summed E-state index contributed by atoms with van der Waals surface area (Å²) in [4.78, 5) is 15.3. The molecular formula is C16H6F6N2O2. The number of ether oxygens (including phenoxy) is 1. The minimum Gasteiger partial charge on any atom is -0.457 e. The molecule has 1 aliphatic rings. The maximum Gasteiger partial charge on any atom is 0.376 e. The number of carbonyl (C=O) groups excluding carboxylic acids is 1. The van der Waals surface area contributed by atoms with Gasteiger partial charge in [-0.3, -0.25) is 4.79 Å². The van der Waals surface area contributed by atoms with Gasteiger partial charge in [-0.2, -0.15) is 22.8 Å². The first-order valence-corrected chi connectivity index (χ1v) is 6.91. The molecule has 0 fully saturated rings. The molecule has 134 valence electrons. The number of hydrogen-bond donors (Lipinski definition) is 0. The summed E-state index contributed by atoms with van der Waals surface area (Å²) in [6.45, 7) is 0. The number of pyridine rings is 1. The van der Waals surface area contributed by atoms with Gasteiger partial charge in [-0.05, 0) is 18.2 Å². The van der Waals surface area contributed by atoms with Gasteiger partial charge in [0.25, 0.3) is 6.43 Å². The van der Waals surface area contributed by atoms with Crippen molar-refractivity contribution in [2.24, 2.45) is 0 Å². The van der Waals surface area contributed by atoms with E-state index >= 15 is 0 Å². The molecule has 0 atom stereocenters. The number of nitrogens with zero attached hydrogens (tertiary/aromatic N) is 2. The Labute approximate surface area is 141 Å². The minimum absolute atomic E-state index is 0.128. The van der Waals surface area contributed by atoms with Gasteiger partial charge in [-0.15, -0.1) is 0 Å². The Morgan fingerprint density at radius 2 is 1.81 bits per heavy atom. The van der Waals surface area contributed by atoms with Crippen LogP contribution in [0, 0.1) is 11.3 Å². The summed E-state index contributed by atoms with van der Waals surface area (Å²) < 4.78 is 86.6. The molecule has 0 N–H and O–H groups in total. The van der Waals surface area contributed by atoms with Gasteiger partial charge in [0.05, 0.1) is 5.56 Å². The molecule has 0 saturated heterocycles. The van der Waals surface area contributed by atoms with Crippen LogP contribution in [-0.4, -0.2) is 16.7 Å². The van der Waals surface area contributed by atoms with Crippen molar-refractivity contribution in [2.75, 3.05) is 0 Å². The third kappa shape index (κ3) is 2.39. The van der Waals surface area contributed by atoms with Gasteiger partial charge in [-0.1, -0.05) is 0 Å². The highest BCUT2D eigenvalue weighted by atomic mass is 19.3. The monoisotopic (exact) mass is 372 g/mol. The molecule has 1 aromatic carbocycles. The molecule has 4 nitrogen and oxygen atoms in total. The van der Waals surface area contributed by atoms with Crippen molar-refractivity contribution in [1.82, 2.24) is 4.98 Å². The van der Waals surface area contributed by atoms with Crippen LogP contribution in [0.2, 0.25) is 0 Å². The van der Waals surface area contributed by atoms with Crippen LogP contribution >= 0.6 is 0 Å². The smallest absolute Gasteiger partial charge is 0.376 e. The van der Waals surface area contributed by atoms with E-state index in [0.29, 0.717) is 12.1 Å². The van der Waals surface area contributed by atoms with Gasteiger partial charge in [0.2, 0.25) is 5.78 Å². The van der Waals surface area contributed by atoms with E-state index in [1.54, 1.807) is 6.07 Å². The molecule has 0 spiro atoms. The average Bonchev–Trinajstić information content (AvgIpc) is 2.72. The third-order valence-electron chi connectivity index (χ3n) is 3.74. The first kappa shape index (κ1) is 17.7. The van der Waals surface area contributed by atoms with E-state index in [9.17, 15) is 31.1 Å². The fourth-order valence-corrected chi connectivity index (χ4v) is 2.54. The standard InChI is InChI=1S/C16H6F6N2O2/c17-14(18)12-10(26-8-3-4-24-7(5-8)6-23)2-1-9-11(12)13(25)16(21,22)15(9,19)20/h1-5,14H. The highest BCUT2D eigenvalue weighted by molar-refractivity contribution is 6.08. The van der Waals surface area contributed by atoms with Gasteiger partial charge in [0.1, 0.15) is 23.3 Å². The number of carbonyl (C=O) groups is 1. The van der Waals surface area contributed by atoms with E-state index in [1.165, 1.54) is 6.07 Å². The van der Waals surface area contributed by atoms with E-state index < -0.39 is 46.5 Å². The number of nitriles is 1. The molecule has 2 aromatic rings. The molecule has 1 aromatic heterocycles. The summed E-state index contributed by atoms with van der Waals surface area (Å²) in [5.74, 6) is -13.4. The van der Waals surface area contributed by atoms with Crippen LogP contribution in [0.3, 0.4) is 0 Å². The predicted octanol–water partition coefficient (Wildman–Crippen LogP) is 4.61. The fraction of sp³-hybridized carbons (Fsp3) is 0.188. The number of ketones is 1. The van der Waals surface area contributed by atoms with Gasteiger partial charge < -0.3 is 4.74 Å². The SMILES string of the molecule is N#Cc1cc(Oc2ccc3c(c2C(F)F)C(=O)C(F)(F)C3(F)F)ccn1. The number of alkyl halides is 6. The second-order valence-corrected chi connectivity index (χ2v) is 5.27. The number of rotatable bonds is 3. The highest BCUT2D eigenvalue weighted by Crippen LogP contribution is 2.55. The van der Waals surface area contributed by atoms with E-state index in [1.807, 2.05) is 0 Å². The summed E-state index contributed by atoms with van der Waals surface area (Å²) in [6, 6.07) is 5.00. The summed E-state index contributed by atoms with van der Waals surface area (Å²) in [6.07, 6.45) is -2.41. The Balaban J connectivity index is 2.17. The number of halogens is 6. The van der Waals surface area contributed by atoms with Crippen molar-refractivity contribution < 1.29 is 35.9 Å². The molecule has 0 bridgehead atoms. The van der Waals surface area contributed by atoms with Crippen LogP contribution < -0.4 is 4.74 Å². The number of fused-ring (bicyclic) bond motifs is 1. The van der Waals surface area contributed by atoms with Crippen LogP contribution in [0.15, 0.2) is 30.5 Å². The average molecular weight is 372 g/mol. The third-order valence-corrected chi connectivity index (χ3v) is 3.74. The van der Waals surface area contributed by atoms with E-state index in [4.69, 9.17) is 10.00 Å². The zero-order chi connectivity index (χ0) is 19.3. The Bertz CT molecular complexity index is 952. The quantitative estimate of drug-likeness (QED) is 0.739. The van der Waals surface area contributed by atoms with E-state index in [0.717, 1.165) is 12.3 Å². The summed E-state index contributed by atoms with van der Waals surface area (Å²) in [5, 5.41) is 8.75. The second-order valence-electron chi connectivity index (χ2n) is 5.27. The van der Waals surface area contributed by atoms with Crippen LogP contribution in [0.25, 0.3) is 0 Å². The molecule has 26 heavy (non-hydrogen) atoms. The molecule has 0 radical (unpaired) electrons. The molecule has 3 rings (SSSR count). The van der Waals surface area contributed by atoms with Gasteiger partial charge in [-0.25, -0.2) is 13.8 Å². The predicted molar refractivity (Wildman–Crippen MR) is 73.6 cm³/mol. The first-order valence-electron chi connectivity index (χ1n) is 6.91. The van der Waals surface area contributed by atoms with Crippen LogP contribution in [-0.2, 0) is 5.92 Å². The zero-order valence-electron chi connectivity index (χ0n) is 12.4. The molecule has 0 unspecified atom stereocenters. The second kappa shape index (κ2) is 5.72.